The number of fused-ring (bicyclic) bond motifs is 1. The molecule has 168 valence electrons. The van der Waals surface area contributed by atoms with Gasteiger partial charge in [0.05, 0.1) is 23.0 Å². The molecular formula is C25H23ClN4O3. The molecule has 2 aromatic heterocycles. The summed E-state index contributed by atoms with van der Waals surface area (Å²) in [7, 11) is 0. The molecule has 0 spiro atoms. The van der Waals surface area contributed by atoms with E-state index >= 15 is 0 Å². The Kier molecular flexibility index (Phi) is 6.21. The Labute approximate surface area is 196 Å². The Bertz CT molecular complexity index is 1270. The van der Waals surface area contributed by atoms with Gasteiger partial charge < -0.3 is 14.1 Å². The number of oxazole rings is 1. The predicted molar refractivity (Wildman–Crippen MR) is 124 cm³/mol. The number of benzene rings is 2. The zero-order valence-corrected chi connectivity index (χ0v) is 18.7. The summed E-state index contributed by atoms with van der Waals surface area (Å²) in [4.78, 5) is 27.6. The van der Waals surface area contributed by atoms with Crippen LogP contribution in [0.3, 0.4) is 0 Å². The third kappa shape index (κ3) is 4.98. The molecule has 0 bridgehead atoms. The van der Waals surface area contributed by atoms with Crippen molar-refractivity contribution in [2.24, 2.45) is 0 Å². The van der Waals surface area contributed by atoms with Gasteiger partial charge in [-0.05, 0) is 42.7 Å². The van der Waals surface area contributed by atoms with E-state index in [0.29, 0.717) is 36.3 Å². The Balaban J connectivity index is 1.21. The average molecular weight is 463 g/mol. The molecule has 2 aromatic carbocycles. The van der Waals surface area contributed by atoms with Crippen LogP contribution in [0.2, 0.25) is 5.02 Å². The van der Waals surface area contributed by atoms with Gasteiger partial charge in [0.25, 0.3) is 5.91 Å². The van der Waals surface area contributed by atoms with Crippen molar-refractivity contribution in [2.75, 3.05) is 19.7 Å². The lowest BCUT2D eigenvalue weighted by atomic mass is 9.98. The third-order valence-electron chi connectivity index (χ3n) is 5.80. The molecule has 7 nitrogen and oxygen atoms in total. The number of hydrogen-bond acceptors (Lipinski definition) is 6. The Hall–Kier alpha value is -3.45. The molecule has 0 aliphatic carbocycles. The molecule has 8 heteroatoms. The predicted octanol–water partition coefficient (Wildman–Crippen LogP) is 4.65. The second kappa shape index (κ2) is 9.58. The van der Waals surface area contributed by atoms with Crippen LogP contribution < -0.4 is 4.74 Å². The van der Waals surface area contributed by atoms with Gasteiger partial charge in [0.15, 0.2) is 12.5 Å². The number of carbonyl (C=O) groups is 1. The van der Waals surface area contributed by atoms with Crippen molar-refractivity contribution >= 4 is 28.4 Å². The van der Waals surface area contributed by atoms with Gasteiger partial charge in [-0.1, -0.05) is 35.9 Å². The van der Waals surface area contributed by atoms with Gasteiger partial charge >= 0.3 is 0 Å². The Morgan fingerprint density at radius 1 is 1.15 bits per heavy atom. The summed E-state index contributed by atoms with van der Waals surface area (Å²) in [6.07, 6.45) is 5.66. The normalized spacial score (nSPS) is 16.2. The van der Waals surface area contributed by atoms with Crippen LogP contribution in [0.1, 0.15) is 36.0 Å². The van der Waals surface area contributed by atoms with Crippen LogP contribution in [0.4, 0.5) is 0 Å². The van der Waals surface area contributed by atoms with Crippen molar-refractivity contribution in [1.82, 2.24) is 19.9 Å². The van der Waals surface area contributed by atoms with E-state index < -0.39 is 0 Å². The first-order chi connectivity index (χ1) is 16.2. The molecule has 5 rings (SSSR count). The van der Waals surface area contributed by atoms with Crippen LogP contribution in [-0.4, -0.2) is 45.5 Å². The first-order valence-electron chi connectivity index (χ1n) is 10.9. The van der Waals surface area contributed by atoms with E-state index in [1.165, 1.54) is 6.33 Å². The topological polar surface area (TPSA) is 81.4 Å². The first-order valence-corrected chi connectivity index (χ1v) is 11.3. The summed E-state index contributed by atoms with van der Waals surface area (Å²) >= 11 is 6.08. The summed E-state index contributed by atoms with van der Waals surface area (Å²) in [5.74, 6) is 1.87. The summed E-state index contributed by atoms with van der Waals surface area (Å²) in [6.45, 7) is 1.18. The number of piperidine rings is 1. The van der Waals surface area contributed by atoms with E-state index in [9.17, 15) is 4.79 Å². The number of likely N-dealkylation sites (tertiary alicyclic amines) is 1. The van der Waals surface area contributed by atoms with Gasteiger partial charge in [0, 0.05) is 24.5 Å². The lowest BCUT2D eigenvalue weighted by Crippen LogP contribution is -2.41. The van der Waals surface area contributed by atoms with E-state index in [0.717, 1.165) is 35.1 Å². The number of aromatic nitrogens is 3. The van der Waals surface area contributed by atoms with Crippen LogP contribution in [-0.2, 0) is 11.2 Å². The molecule has 3 heterocycles. The number of carbonyl (C=O) groups excluding carboxylic acids is 1. The van der Waals surface area contributed by atoms with Crippen LogP contribution in [0.25, 0.3) is 10.9 Å². The van der Waals surface area contributed by atoms with Gasteiger partial charge in [-0.3, -0.25) is 4.79 Å². The van der Waals surface area contributed by atoms with Crippen LogP contribution in [0.15, 0.2) is 65.5 Å². The molecule has 0 unspecified atom stereocenters. The van der Waals surface area contributed by atoms with E-state index in [4.69, 9.17) is 20.8 Å². The number of hydrogen-bond donors (Lipinski definition) is 0. The standard InChI is InChI=1S/C25H23ClN4O3/c26-19-7-3-5-17(11-19)12-20-13-27-24(33-20)18-6-4-10-30(14-18)23(31)15-32-25-21-8-1-2-9-22(21)28-16-29-25/h1-3,5,7-9,11,13,16,18H,4,6,10,12,14-15H2/t18-/m0/s1. The molecule has 1 amide bonds. The Morgan fingerprint density at radius 3 is 2.97 bits per heavy atom. The molecule has 1 aliphatic rings. The number of ether oxygens (including phenoxy) is 1. The number of para-hydroxylation sites is 1. The fourth-order valence-corrected chi connectivity index (χ4v) is 4.38. The maximum Gasteiger partial charge on any atom is 0.260 e. The average Bonchev–Trinajstić information content (AvgIpc) is 3.31. The minimum atomic E-state index is -0.0758. The smallest absolute Gasteiger partial charge is 0.260 e. The van der Waals surface area contributed by atoms with E-state index in [1.54, 1.807) is 6.20 Å². The quantitative estimate of drug-likeness (QED) is 0.415. The van der Waals surface area contributed by atoms with Crippen molar-refractivity contribution in [3.05, 3.63) is 83.3 Å². The molecular weight excluding hydrogens is 440 g/mol. The maximum absolute atomic E-state index is 12.9. The molecule has 0 radical (unpaired) electrons. The van der Waals surface area contributed by atoms with Gasteiger partial charge in [0.1, 0.15) is 12.1 Å². The highest BCUT2D eigenvalue weighted by atomic mass is 35.5. The highest BCUT2D eigenvalue weighted by Gasteiger charge is 2.28. The Morgan fingerprint density at radius 2 is 2.06 bits per heavy atom. The van der Waals surface area contributed by atoms with E-state index in [-0.39, 0.29) is 18.4 Å². The molecule has 4 aromatic rings. The van der Waals surface area contributed by atoms with Crippen molar-refractivity contribution < 1.29 is 13.9 Å². The van der Waals surface area contributed by atoms with Crippen LogP contribution in [0, 0.1) is 0 Å². The molecule has 1 atom stereocenters. The van der Waals surface area contributed by atoms with Crippen molar-refractivity contribution in [2.45, 2.75) is 25.2 Å². The largest absolute Gasteiger partial charge is 0.467 e. The second-order valence-corrected chi connectivity index (χ2v) is 8.57. The van der Waals surface area contributed by atoms with E-state index in [2.05, 4.69) is 15.0 Å². The third-order valence-corrected chi connectivity index (χ3v) is 6.04. The van der Waals surface area contributed by atoms with Crippen molar-refractivity contribution in [1.29, 1.82) is 0 Å². The zero-order valence-electron chi connectivity index (χ0n) is 18.0. The molecule has 33 heavy (non-hydrogen) atoms. The second-order valence-electron chi connectivity index (χ2n) is 8.14. The fraction of sp³-hybridized carbons (Fsp3) is 0.280. The summed E-state index contributed by atoms with van der Waals surface area (Å²) in [5, 5.41) is 1.49. The number of halogens is 1. The number of amides is 1. The lowest BCUT2D eigenvalue weighted by Gasteiger charge is -2.31. The molecule has 1 fully saturated rings. The van der Waals surface area contributed by atoms with Gasteiger partial charge in [0.2, 0.25) is 5.88 Å². The molecule has 1 aliphatic heterocycles. The monoisotopic (exact) mass is 462 g/mol. The highest BCUT2D eigenvalue weighted by molar-refractivity contribution is 6.30. The summed E-state index contributed by atoms with van der Waals surface area (Å²) in [5.41, 5.74) is 1.85. The van der Waals surface area contributed by atoms with Crippen molar-refractivity contribution in [3.8, 4) is 5.88 Å². The molecule has 0 N–H and O–H groups in total. The fourth-order valence-electron chi connectivity index (χ4n) is 4.16. The first kappa shape index (κ1) is 21.4. The lowest BCUT2D eigenvalue weighted by molar-refractivity contribution is -0.134. The van der Waals surface area contributed by atoms with E-state index in [1.807, 2.05) is 53.4 Å². The minimum Gasteiger partial charge on any atom is -0.467 e. The summed E-state index contributed by atoms with van der Waals surface area (Å²) in [6, 6.07) is 15.3. The zero-order chi connectivity index (χ0) is 22.6. The molecule has 0 saturated carbocycles. The van der Waals surface area contributed by atoms with Crippen LogP contribution in [0.5, 0.6) is 5.88 Å². The van der Waals surface area contributed by atoms with Crippen LogP contribution >= 0.6 is 11.6 Å². The van der Waals surface area contributed by atoms with Gasteiger partial charge in [-0.25, -0.2) is 15.0 Å². The SMILES string of the molecule is O=C(COc1ncnc2ccccc12)N1CCC[C@H](c2ncc(Cc3cccc(Cl)c3)o2)C1. The number of rotatable bonds is 6. The van der Waals surface area contributed by atoms with Gasteiger partial charge in [-0.2, -0.15) is 0 Å². The maximum atomic E-state index is 12.9. The molecule has 1 saturated heterocycles. The minimum absolute atomic E-state index is 0.0655. The van der Waals surface area contributed by atoms with Crippen molar-refractivity contribution in [3.63, 3.8) is 0 Å². The number of nitrogens with zero attached hydrogens (tertiary/aromatic N) is 4. The van der Waals surface area contributed by atoms with Gasteiger partial charge in [-0.15, -0.1) is 0 Å². The summed E-state index contributed by atoms with van der Waals surface area (Å²) < 4.78 is 11.8. The highest BCUT2D eigenvalue weighted by Crippen LogP contribution is 2.28.